The van der Waals surface area contributed by atoms with Gasteiger partial charge in [0.2, 0.25) is 5.96 Å². The predicted octanol–water partition coefficient (Wildman–Crippen LogP) is 3.00. The number of hydrazone groups is 1. The highest BCUT2D eigenvalue weighted by molar-refractivity contribution is 6.00. The summed E-state index contributed by atoms with van der Waals surface area (Å²) in [7, 11) is 0. The molecule has 2 aliphatic rings. The molecule has 0 saturated heterocycles. The quantitative estimate of drug-likeness (QED) is 0.493. The van der Waals surface area contributed by atoms with E-state index in [-0.39, 0.29) is 0 Å². The summed E-state index contributed by atoms with van der Waals surface area (Å²) < 4.78 is 1.94. The van der Waals surface area contributed by atoms with Crippen LogP contribution in [0, 0.1) is 24.7 Å². The maximum Gasteiger partial charge on any atom is 0.212 e. The Bertz CT molecular complexity index is 949. The molecular formula is C22H26N6. The number of guanidine groups is 1. The number of aliphatic imine (C=N–C) groups is 1. The Kier molecular flexibility index (Phi) is 5.43. The summed E-state index contributed by atoms with van der Waals surface area (Å²) in [5.74, 6) is 8.04. The topological polar surface area (TPSA) is 66.6 Å². The van der Waals surface area contributed by atoms with Gasteiger partial charge < -0.3 is 5.32 Å². The molecule has 2 heterocycles. The van der Waals surface area contributed by atoms with E-state index in [1.54, 1.807) is 0 Å². The largest absolute Gasteiger partial charge is 0.353 e. The zero-order valence-corrected chi connectivity index (χ0v) is 16.5. The number of benzene rings is 1. The van der Waals surface area contributed by atoms with E-state index in [2.05, 4.69) is 69.0 Å². The maximum absolute atomic E-state index is 4.55. The van der Waals surface area contributed by atoms with Gasteiger partial charge in [0.1, 0.15) is 0 Å². The fourth-order valence-electron chi connectivity index (χ4n) is 3.64. The number of rotatable bonds is 3. The zero-order chi connectivity index (χ0) is 19.3. The third-order valence-corrected chi connectivity index (χ3v) is 5.29. The van der Waals surface area contributed by atoms with E-state index in [0.717, 1.165) is 47.3 Å². The first-order valence-corrected chi connectivity index (χ1v) is 9.96. The number of hydrogen-bond donors (Lipinski definition) is 2. The summed E-state index contributed by atoms with van der Waals surface area (Å²) in [6, 6.07) is 8.30. The molecule has 4 rings (SSSR count). The molecule has 1 aromatic heterocycles. The van der Waals surface area contributed by atoms with Crippen LogP contribution >= 0.6 is 0 Å². The van der Waals surface area contributed by atoms with Crippen molar-refractivity contribution >= 4 is 11.7 Å². The van der Waals surface area contributed by atoms with Crippen molar-refractivity contribution in [2.45, 2.75) is 39.5 Å². The van der Waals surface area contributed by atoms with E-state index in [1.807, 2.05) is 17.8 Å². The summed E-state index contributed by atoms with van der Waals surface area (Å²) >= 11 is 0. The van der Waals surface area contributed by atoms with Gasteiger partial charge in [-0.15, -0.1) is 0 Å². The third-order valence-electron chi connectivity index (χ3n) is 5.29. The molecular weight excluding hydrogens is 348 g/mol. The molecule has 0 bridgehead atoms. The Balaban J connectivity index is 1.48. The van der Waals surface area contributed by atoms with Crippen molar-refractivity contribution in [2.75, 3.05) is 13.1 Å². The molecule has 2 aromatic rings. The number of nitrogens with one attached hydrogen (secondary N) is 2. The van der Waals surface area contributed by atoms with Gasteiger partial charge >= 0.3 is 0 Å². The molecule has 0 radical (unpaired) electrons. The normalized spacial score (nSPS) is 17.1. The van der Waals surface area contributed by atoms with Crippen LogP contribution in [0.15, 0.2) is 40.6 Å². The summed E-state index contributed by atoms with van der Waals surface area (Å²) in [4.78, 5) is 4.28. The van der Waals surface area contributed by atoms with Crippen molar-refractivity contribution in [1.29, 1.82) is 0 Å². The molecule has 6 heteroatoms. The summed E-state index contributed by atoms with van der Waals surface area (Å²) in [6.45, 7) is 5.67. The minimum absolute atomic E-state index is 0.580. The van der Waals surface area contributed by atoms with Crippen molar-refractivity contribution < 1.29 is 0 Å². The van der Waals surface area contributed by atoms with Crippen LogP contribution in [0.2, 0.25) is 0 Å². The first-order valence-electron chi connectivity index (χ1n) is 9.96. The van der Waals surface area contributed by atoms with Gasteiger partial charge in [0.15, 0.2) is 0 Å². The minimum Gasteiger partial charge on any atom is -0.353 e. The summed E-state index contributed by atoms with van der Waals surface area (Å²) in [6.07, 6.45) is 7.00. The van der Waals surface area contributed by atoms with Crippen LogP contribution < -0.4 is 10.7 Å². The van der Waals surface area contributed by atoms with Crippen LogP contribution in [-0.4, -0.2) is 34.5 Å². The summed E-state index contributed by atoms with van der Waals surface area (Å²) in [5, 5.41) is 12.1. The molecule has 1 aromatic carbocycles. The fraction of sp³-hybridized carbons (Fsp3) is 0.409. The average molecular weight is 374 g/mol. The Hall–Kier alpha value is -3.07. The highest BCUT2D eigenvalue weighted by atomic mass is 15.4. The lowest BCUT2D eigenvalue weighted by atomic mass is 10.1. The molecule has 0 atom stereocenters. The van der Waals surface area contributed by atoms with E-state index in [1.165, 1.54) is 25.7 Å². The van der Waals surface area contributed by atoms with Crippen LogP contribution in [-0.2, 0) is 0 Å². The molecule has 1 aliphatic heterocycles. The first kappa shape index (κ1) is 18.3. The lowest BCUT2D eigenvalue weighted by Gasteiger charge is -2.06. The average Bonchev–Trinajstić information content (AvgIpc) is 3.47. The molecule has 0 unspecified atom stereocenters. The van der Waals surface area contributed by atoms with Crippen molar-refractivity contribution in [3.63, 3.8) is 0 Å². The Labute approximate surface area is 166 Å². The predicted molar refractivity (Wildman–Crippen MR) is 113 cm³/mol. The molecule has 1 saturated carbocycles. The SMILES string of the molecule is C/C(=N\NC1=NCCN1)c1cnn(-c2ccc(C#CC3CCCC3)cc2)c1C. The maximum atomic E-state index is 4.55. The molecule has 2 N–H and O–H groups in total. The fourth-order valence-corrected chi connectivity index (χ4v) is 3.64. The second-order valence-corrected chi connectivity index (χ2v) is 7.32. The second kappa shape index (κ2) is 8.30. The Morgan fingerprint density at radius 3 is 2.75 bits per heavy atom. The van der Waals surface area contributed by atoms with Gasteiger partial charge in [-0.1, -0.05) is 24.7 Å². The highest BCUT2D eigenvalue weighted by Crippen LogP contribution is 2.23. The molecule has 1 aliphatic carbocycles. The Morgan fingerprint density at radius 1 is 1.25 bits per heavy atom. The zero-order valence-electron chi connectivity index (χ0n) is 16.5. The van der Waals surface area contributed by atoms with Crippen molar-refractivity contribution in [3.8, 4) is 17.5 Å². The lowest BCUT2D eigenvalue weighted by Crippen LogP contribution is -2.30. The highest BCUT2D eigenvalue weighted by Gasteiger charge is 2.12. The lowest BCUT2D eigenvalue weighted by molar-refractivity contribution is 0.712. The number of aromatic nitrogens is 2. The molecule has 1 fully saturated rings. The van der Waals surface area contributed by atoms with Gasteiger partial charge in [0, 0.05) is 23.6 Å². The van der Waals surface area contributed by atoms with E-state index in [4.69, 9.17) is 0 Å². The van der Waals surface area contributed by atoms with Crippen LogP contribution in [0.1, 0.15) is 49.4 Å². The first-order chi connectivity index (χ1) is 13.7. The van der Waals surface area contributed by atoms with Crippen molar-refractivity contribution in [2.24, 2.45) is 16.0 Å². The van der Waals surface area contributed by atoms with Gasteiger partial charge in [0.05, 0.1) is 29.8 Å². The molecule has 144 valence electrons. The third kappa shape index (κ3) is 4.09. The number of hydrogen-bond acceptors (Lipinski definition) is 5. The molecule has 0 amide bonds. The molecule has 0 spiro atoms. The standard InChI is InChI=1S/C22H26N6/c1-16(26-27-22-23-13-14-24-22)21-15-25-28(17(21)2)20-11-9-19(10-12-20)8-7-18-5-3-4-6-18/h9-12,15,18H,3-6,13-14H2,1-2H3,(H2,23,24,27)/b26-16+. The minimum atomic E-state index is 0.580. The van der Waals surface area contributed by atoms with Crippen LogP contribution in [0.4, 0.5) is 0 Å². The summed E-state index contributed by atoms with van der Waals surface area (Å²) in [5.41, 5.74) is 8.00. The van der Waals surface area contributed by atoms with Crippen LogP contribution in [0.25, 0.3) is 5.69 Å². The van der Waals surface area contributed by atoms with Crippen LogP contribution in [0.5, 0.6) is 0 Å². The van der Waals surface area contributed by atoms with Crippen molar-refractivity contribution in [3.05, 3.63) is 47.3 Å². The van der Waals surface area contributed by atoms with Crippen LogP contribution in [0.3, 0.4) is 0 Å². The molecule has 6 nitrogen and oxygen atoms in total. The van der Waals surface area contributed by atoms with E-state index < -0.39 is 0 Å². The number of nitrogens with zero attached hydrogens (tertiary/aromatic N) is 4. The van der Waals surface area contributed by atoms with Gasteiger partial charge in [-0.05, 0) is 51.0 Å². The molecule has 28 heavy (non-hydrogen) atoms. The smallest absolute Gasteiger partial charge is 0.212 e. The van der Waals surface area contributed by atoms with E-state index >= 15 is 0 Å². The van der Waals surface area contributed by atoms with Gasteiger partial charge in [-0.2, -0.15) is 10.2 Å². The van der Waals surface area contributed by atoms with Gasteiger partial charge in [0.25, 0.3) is 0 Å². The monoisotopic (exact) mass is 374 g/mol. The second-order valence-electron chi connectivity index (χ2n) is 7.32. The van der Waals surface area contributed by atoms with E-state index in [9.17, 15) is 0 Å². The van der Waals surface area contributed by atoms with Gasteiger partial charge in [-0.3, -0.25) is 0 Å². The van der Waals surface area contributed by atoms with Gasteiger partial charge in [-0.25, -0.2) is 15.1 Å². The Morgan fingerprint density at radius 2 is 2.04 bits per heavy atom. The van der Waals surface area contributed by atoms with E-state index in [0.29, 0.717) is 5.92 Å². The van der Waals surface area contributed by atoms with Crippen molar-refractivity contribution in [1.82, 2.24) is 20.5 Å².